The van der Waals surface area contributed by atoms with Gasteiger partial charge in [-0.2, -0.15) is 0 Å². The van der Waals surface area contributed by atoms with Crippen LogP contribution in [-0.4, -0.2) is 34.6 Å². The van der Waals surface area contributed by atoms with Crippen molar-refractivity contribution in [2.24, 2.45) is 5.92 Å². The summed E-state index contributed by atoms with van der Waals surface area (Å²) in [5, 5.41) is 14.2. The van der Waals surface area contributed by atoms with E-state index in [4.69, 9.17) is 14.5 Å². The third-order valence-electron chi connectivity index (χ3n) is 8.03. The number of aliphatic carboxylic acids is 1. The Balaban J connectivity index is 1.36. The zero-order valence-corrected chi connectivity index (χ0v) is 25.1. The first kappa shape index (κ1) is 30.2. The van der Waals surface area contributed by atoms with Crippen molar-refractivity contribution in [3.8, 4) is 11.5 Å². The minimum atomic E-state index is -1.20. The van der Waals surface area contributed by atoms with Gasteiger partial charge < -0.3 is 19.9 Å². The SMILES string of the molecule is CC(C)(C)c1ccc(Oc2ccc3cc(C(=O)N[C@@H](COCc4ccccc4)C(=O)O)nc(CC4CCCC4)c3c2)cc1. The molecule has 1 fully saturated rings. The number of hydrogen-bond donors (Lipinski definition) is 2. The lowest BCUT2D eigenvalue weighted by Gasteiger charge is -2.19. The molecule has 43 heavy (non-hydrogen) atoms. The number of rotatable bonds is 11. The van der Waals surface area contributed by atoms with Crippen LogP contribution in [0.3, 0.4) is 0 Å². The van der Waals surface area contributed by atoms with Gasteiger partial charge in [0.15, 0.2) is 6.04 Å². The van der Waals surface area contributed by atoms with Gasteiger partial charge in [-0.05, 0) is 64.6 Å². The molecule has 1 atom stereocenters. The maximum Gasteiger partial charge on any atom is 0.328 e. The van der Waals surface area contributed by atoms with E-state index in [1.54, 1.807) is 6.07 Å². The standard InChI is InChI=1S/C36H40N2O5/c1-36(2,3)27-14-17-28(18-15-27)43-29-16-13-26-20-32(37-31(30(26)21-29)19-24-9-7-8-10-24)34(39)38-33(35(40)41)23-42-22-25-11-5-4-6-12-25/h4-6,11-18,20-21,24,33H,7-10,19,22-23H2,1-3H3,(H,38,39)(H,40,41)/t33-/m0/s1. The minimum Gasteiger partial charge on any atom is -0.480 e. The number of pyridine rings is 1. The topological polar surface area (TPSA) is 97.8 Å². The summed E-state index contributed by atoms with van der Waals surface area (Å²) in [6.45, 7) is 6.64. The first-order chi connectivity index (χ1) is 20.7. The predicted octanol–water partition coefficient (Wildman–Crippen LogP) is 7.46. The number of nitrogens with zero attached hydrogens (tertiary/aromatic N) is 1. The quantitative estimate of drug-likeness (QED) is 0.191. The molecule has 7 heteroatoms. The van der Waals surface area contributed by atoms with Crippen LogP contribution in [0, 0.1) is 5.92 Å². The summed E-state index contributed by atoms with van der Waals surface area (Å²) in [4.78, 5) is 30.0. The molecule has 0 spiro atoms. The van der Waals surface area contributed by atoms with Crippen molar-refractivity contribution in [3.05, 3.63) is 101 Å². The van der Waals surface area contributed by atoms with Crippen LogP contribution < -0.4 is 10.1 Å². The number of carboxylic acid groups (broad SMARTS) is 1. The van der Waals surface area contributed by atoms with Gasteiger partial charge in [-0.15, -0.1) is 0 Å². The highest BCUT2D eigenvalue weighted by Gasteiger charge is 2.24. The van der Waals surface area contributed by atoms with E-state index in [9.17, 15) is 14.7 Å². The van der Waals surface area contributed by atoms with Crippen LogP contribution >= 0.6 is 0 Å². The number of carbonyl (C=O) groups is 2. The van der Waals surface area contributed by atoms with Crippen molar-refractivity contribution in [2.75, 3.05) is 6.61 Å². The van der Waals surface area contributed by atoms with Crippen molar-refractivity contribution in [3.63, 3.8) is 0 Å². The molecule has 4 aromatic rings. The van der Waals surface area contributed by atoms with Crippen molar-refractivity contribution in [2.45, 2.75) is 70.9 Å². The Morgan fingerprint density at radius 2 is 1.65 bits per heavy atom. The Bertz CT molecular complexity index is 1550. The highest BCUT2D eigenvalue weighted by Crippen LogP contribution is 2.33. The van der Waals surface area contributed by atoms with E-state index in [0.29, 0.717) is 11.7 Å². The van der Waals surface area contributed by atoms with Crippen LogP contribution in [0.5, 0.6) is 11.5 Å². The third kappa shape index (κ3) is 7.99. The molecular weight excluding hydrogens is 540 g/mol. The molecule has 0 aliphatic heterocycles. The Morgan fingerprint density at radius 1 is 0.953 bits per heavy atom. The summed E-state index contributed by atoms with van der Waals surface area (Å²) in [6.07, 6.45) is 5.42. The van der Waals surface area contributed by atoms with Gasteiger partial charge in [-0.3, -0.25) is 4.79 Å². The Morgan fingerprint density at radius 3 is 2.33 bits per heavy atom. The Kier molecular flexibility index (Phi) is 9.41. The van der Waals surface area contributed by atoms with E-state index in [0.717, 1.165) is 47.0 Å². The van der Waals surface area contributed by atoms with Gasteiger partial charge in [0.1, 0.15) is 17.2 Å². The normalized spacial score (nSPS) is 14.5. The molecule has 1 aliphatic rings. The van der Waals surface area contributed by atoms with Crippen LogP contribution in [0.15, 0.2) is 78.9 Å². The van der Waals surface area contributed by atoms with Crippen molar-refractivity contribution in [1.29, 1.82) is 0 Å². The molecule has 1 saturated carbocycles. The fourth-order valence-corrected chi connectivity index (χ4v) is 5.55. The van der Waals surface area contributed by atoms with E-state index in [2.05, 4.69) is 38.2 Å². The second-order valence-corrected chi connectivity index (χ2v) is 12.4. The van der Waals surface area contributed by atoms with E-state index in [1.165, 1.54) is 18.4 Å². The lowest BCUT2D eigenvalue weighted by atomic mass is 9.87. The molecule has 3 aromatic carbocycles. The van der Waals surface area contributed by atoms with Crippen LogP contribution in [-0.2, 0) is 28.0 Å². The van der Waals surface area contributed by atoms with Gasteiger partial charge in [0.2, 0.25) is 0 Å². The number of benzene rings is 3. The molecular formula is C36H40N2O5. The molecule has 2 N–H and O–H groups in total. The van der Waals surface area contributed by atoms with Gasteiger partial charge in [-0.1, -0.05) is 95.0 Å². The van der Waals surface area contributed by atoms with Crippen LogP contribution in [0.1, 0.15) is 73.8 Å². The summed E-state index contributed by atoms with van der Waals surface area (Å²) in [6, 6.07) is 24.0. The number of nitrogens with one attached hydrogen (secondary N) is 1. The monoisotopic (exact) mass is 580 g/mol. The second kappa shape index (κ2) is 13.4. The number of carboxylic acids is 1. The first-order valence-electron chi connectivity index (χ1n) is 15.0. The van der Waals surface area contributed by atoms with Crippen molar-refractivity contribution < 1.29 is 24.2 Å². The second-order valence-electron chi connectivity index (χ2n) is 12.4. The van der Waals surface area contributed by atoms with Crippen molar-refractivity contribution in [1.82, 2.24) is 10.3 Å². The van der Waals surface area contributed by atoms with Crippen LogP contribution in [0.25, 0.3) is 10.8 Å². The van der Waals surface area contributed by atoms with Gasteiger partial charge >= 0.3 is 5.97 Å². The molecule has 1 aliphatic carbocycles. The molecule has 224 valence electrons. The fraction of sp³-hybridized carbons (Fsp3) is 0.361. The molecule has 0 radical (unpaired) electrons. The molecule has 0 unspecified atom stereocenters. The molecule has 1 amide bonds. The van der Waals surface area contributed by atoms with E-state index < -0.39 is 17.9 Å². The lowest BCUT2D eigenvalue weighted by molar-refractivity contribution is -0.141. The average Bonchev–Trinajstić information content (AvgIpc) is 3.50. The Labute approximate surface area is 253 Å². The third-order valence-corrected chi connectivity index (χ3v) is 8.03. The molecule has 7 nitrogen and oxygen atoms in total. The number of amides is 1. The number of carbonyl (C=O) groups excluding carboxylic acids is 1. The highest BCUT2D eigenvalue weighted by molar-refractivity contribution is 5.99. The highest BCUT2D eigenvalue weighted by atomic mass is 16.5. The first-order valence-corrected chi connectivity index (χ1v) is 15.0. The number of hydrogen-bond acceptors (Lipinski definition) is 5. The number of ether oxygens (including phenoxy) is 2. The van der Waals surface area contributed by atoms with E-state index in [-0.39, 0.29) is 24.3 Å². The average molecular weight is 581 g/mol. The molecule has 0 bridgehead atoms. The van der Waals surface area contributed by atoms with Crippen LogP contribution in [0.2, 0.25) is 0 Å². The van der Waals surface area contributed by atoms with Gasteiger partial charge in [-0.25, -0.2) is 9.78 Å². The summed E-state index contributed by atoms with van der Waals surface area (Å²) in [7, 11) is 0. The molecule has 1 aromatic heterocycles. The summed E-state index contributed by atoms with van der Waals surface area (Å²) in [5.41, 5.74) is 3.25. The molecule has 5 rings (SSSR count). The summed E-state index contributed by atoms with van der Waals surface area (Å²) >= 11 is 0. The summed E-state index contributed by atoms with van der Waals surface area (Å²) in [5.74, 6) is 0.254. The van der Waals surface area contributed by atoms with Gasteiger partial charge in [0, 0.05) is 11.1 Å². The maximum atomic E-state index is 13.3. The Hall–Kier alpha value is -4.23. The van der Waals surface area contributed by atoms with Crippen LogP contribution in [0.4, 0.5) is 0 Å². The molecule has 0 saturated heterocycles. The zero-order valence-electron chi connectivity index (χ0n) is 25.1. The van der Waals surface area contributed by atoms with E-state index >= 15 is 0 Å². The fourth-order valence-electron chi connectivity index (χ4n) is 5.55. The minimum absolute atomic E-state index is 0.0615. The number of fused-ring (bicyclic) bond motifs is 1. The van der Waals surface area contributed by atoms with E-state index in [1.807, 2.05) is 60.7 Å². The smallest absolute Gasteiger partial charge is 0.328 e. The molecule has 1 heterocycles. The number of aromatic nitrogens is 1. The van der Waals surface area contributed by atoms with Gasteiger partial charge in [0.05, 0.1) is 13.2 Å². The largest absolute Gasteiger partial charge is 0.480 e. The zero-order chi connectivity index (χ0) is 30.4. The maximum absolute atomic E-state index is 13.3. The van der Waals surface area contributed by atoms with Gasteiger partial charge in [0.25, 0.3) is 5.91 Å². The van der Waals surface area contributed by atoms with Crippen molar-refractivity contribution >= 4 is 22.6 Å². The lowest BCUT2D eigenvalue weighted by Crippen LogP contribution is -2.44. The summed E-state index contributed by atoms with van der Waals surface area (Å²) < 4.78 is 11.8. The predicted molar refractivity (Wildman–Crippen MR) is 168 cm³/mol.